The monoisotopic (exact) mass is 309 g/mol. The van der Waals surface area contributed by atoms with Crippen LogP contribution in [-0.4, -0.2) is 36.8 Å². The first-order valence-electron chi connectivity index (χ1n) is 6.73. The summed E-state index contributed by atoms with van der Waals surface area (Å²) >= 11 is 1.38. The first-order valence-corrected chi connectivity index (χ1v) is 7.55. The molecular formula is C14H19N3O3S. The SMILES string of the molecule is CCOCC(C)OCC(=O)Nc1nc2ccc(N)cc2s1. The van der Waals surface area contributed by atoms with E-state index in [-0.39, 0.29) is 18.6 Å². The van der Waals surface area contributed by atoms with Gasteiger partial charge < -0.3 is 15.2 Å². The van der Waals surface area contributed by atoms with Crippen LogP contribution in [-0.2, 0) is 14.3 Å². The highest BCUT2D eigenvalue weighted by molar-refractivity contribution is 7.22. The van der Waals surface area contributed by atoms with Crippen LogP contribution < -0.4 is 11.1 Å². The van der Waals surface area contributed by atoms with E-state index in [1.54, 1.807) is 6.07 Å². The highest BCUT2D eigenvalue weighted by Gasteiger charge is 2.10. The van der Waals surface area contributed by atoms with E-state index in [2.05, 4.69) is 10.3 Å². The predicted octanol–water partition coefficient (Wildman–Crippen LogP) is 2.26. The molecule has 1 atom stereocenters. The highest BCUT2D eigenvalue weighted by Crippen LogP contribution is 2.27. The smallest absolute Gasteiger partial charge is 0.252 e. The Morgan fingerprint density at radius 1 is 1.52 bits per heavy atom. The topological polar surface area (TPSA) is 86.5 Å². The number of hydrogen-bond acceptors (Lipinski definition) is 6. The van der Waals surface area contributed by atoms with Crippen molar-refractivity contribution in [3.63, 3.8) is 0 Å². The molecule has 1 heterocycles. The molecule has 0 bridgehead atoms. The number of ether oxygens (including phenoxy) is 2. The average Bonchev–Trinajstić information content (AvgIpc) is 2.84. The van der Waals surface area contributed by atoms with Crippen LogP contribution in [0.3, 0.4) is 0 Å². The van der Waals surface area contributed by atoms with Crippen molar-refractivity contribution in [1.29, 1.82) is 0 Å². The minimum Gasteiger partial charge on any atom is -0.399 e. The zero-order valence-electron chi connectivity index (χ0n) is 12.1. The molecule has 0 fully saturated rings. The quantitative estimate of drug-likeness (QED) is 0.766. The number of hydrogen-bond donors (Lipinski definition) is 2. The molecule has 0 radical (unpaired) electrons. The molecule has 1 aromatic heterocycles. The van der Waals surface area contributed by atoms with Crippen LogP contribution in [0.25, 0.3) is 10.2 Å². The Morgan fingerprint density at radius 2 is 2.33 bits per heavy atom. The zero-order chi connectivity index (χ0) is 15.2. The van der Waals surface area contributed by atoms with E-state index in [9.17, 15) is 4.79 Å². The van der Waals surface area contributed by atoms with Gasteiger partial charge in [-0.2, -0.15) is 0 Å². The standard InChI is InChI=1S/C14H19N3O3S/c1-3-19-7-9(2)20-8-13(18)17-14-16-11-5-4-10(15)6-12(11)21-14/h4-6,9H,3,7-8,15H2,1-2H3,(H,16,17,18). The van der Waals surface area contributed by atoms with Gasteiger partial charge in [-0.1, -0.05) is 11.3 Å². The maximum Gasteiger partial charge on any atom is 0.252 e. The van der Waals surface area contributed by atoms with Gasteiger partial charge in [-0.25, -0.2) is 4.98 Å². The fourth-order valence-electron chi connectivity index (χ4n) is 1.70. The number of thiazole rings is 1. The molecule has 114 valence electrons. The fourth-order valence-corrected chi connectivity index (χ4v) is 2.63. The summed E-state index contributed by atoms with van der Waals surface area (Å²) in [5.41, 5.74) is 7.21. The average molecular weight is 309 g/mol. The van der Waals surface area contributed by atoms with Crippen molar-refractivity contribution >= 4 is 38.3 Å². The van der Waals surface area contributed by atoms with E-state index >= 15 is 0 Å². The third-order valence-electron chi connectivity index (χ3n) is 2.71. The number of carbonyl (C=O) groups is 1. The molecule has 1 amide bonds. The number of nitrogens with one attached hydrogen (secondary N) is 1. The number of rotatable bonds is 7. The molecule has 0 aliphatic rings. The van der Waals surface area contributed by atoms with E-state index < -0.39 is 0 Å². The second-order valence-corrected chi connectivity index (χ2v) is 5.61. The van der Waals surface area contributed by atoms with Crippen LogP contribution in [0.4, 0.5) is 10.8 Å². The van der Waals surface area contributed by atoms with Crippen LogP contribution in [0.1, 0.15) is 13.8 Å². The summed E-state index contributed by atoms with van der Waals surface area (Å²) in [5, 5.41) is 3.27. The largest absolute Gasteiger partial charge is 0.399 e. The Kier molecular flexibility index (Phi) is 5.49. The molecule has 21 heavy (non-hydrogen) atoms. The van der Waals surface area contributed by atoms with Gasteiger partial charge >= 0.3 is 0 Å². The lowest BCUT2D eigenvalue weighted by atomic mass is 10.3. The van der Waals surface area contributed by atoms with Crippen LogP contribution in [0.5, 0.6) is 0 Å². The van der Waals surface area contributed by atoms with E-state index in [4.69, 9.17) is 15.2 Å². The maximum atomic E-state index is 11.8. The third-order valence-corrected chi connectivity index (χ3v) is 3.65. The fraction of sp³-hybridized carbons (Fsp3) is 0.429. The van der Waals surface area contributed by atoms with Gasteiger partial charge in [0.25, 0.3) is 5.91 Å². The minimum atomic E-state index is -0.231. The van der Waals surface area contributed by atoms with Gasteiger partial charge in [-0.05, 0) is 32.0 Å². The third kappa shape index (κ3) is 4.66. The predicted molar refractivity (Wildman–Crippen MR) is 84.6 cm³/mol. The lowest BCUT2D eigenvalue weighted by Gasteiger charge is -2.11. The molecule has 1 aromatic carbocycles. The van der Waals surface area contributed by atoms with Crippen molar-refractivity contribution in [2.24, 2.45) is 0 Å². The lowest BCUT2D eigenvalue weighted by Crippen LogP contribution is -2.24. The molecule has 1 unspecified atom stereocenters. The van der Waals surface area contributed by atoms with Crippen molar-refractivity contribution in [3.05, 3.63) is 18.2 Å². The molecule has 7 heteroatoms. The molecule has 0 saturated carbocycles. The van der Waals surface area contributed by atoms with Crippen LogP contribution >= 0.6 is 11.3 Å². The number of benzene rings is 1. The first kappa shape index (κ1) is 15.7. The van der Waals surface area contributed by atoms with E-state index in [0.29, 0.717) is 24.0 Å². The number of nitrogens with zero attached hydrogens (tertiary/aromatic N) is 1. The Morgan fingerprint density at radius 3 is 3.10 bits per heavy atom. The molecule has 0 spiro atoms. The number of amides is 1. The molecular weight excluding hydrogens is 290 g/mol. The van der Waals surface area contributed by atoms with Gasteiger partial charge in [0.1, 0.15) is 6.61 Å². The maximum absolute atomic E-state index is 11.8. The highest BCUT2D eigenvalue weighted by atomic mass is 32.1. The van der Waals surface area contributed by atoms with E-state index in [1.807, 2.05) is 26.0 Å². The summed E-state index contributed by atoms with van der Waals surface area (Å²) < 4.78 is 11.5. The summed E-state index contributed by atoms with van der Waals surface area (Å²) in [6.45, 7) is 4.87. The summed E-state index contributed by atoms with van der Waals surface area (Å²) in [5.74, 6) is -0.231. The normalized spacial score (nSPS) is 12.5. The summed E-state index contributed by atoms with van der Waals surface area (Å²) in [6, 6.07) is 5.45. The minimum absolute atomic E-state index is 0.0215. The molecule has 6 nitrogen and oxygen atoms in total. The second-order valence-electron chi connectivity index (χ2n) is 4.58. The number of fused-ring (bicyclic) bond motifs is 1. The number of nitrogens with two attached hydrogens (primary N) is 1. The van der Waals surface area contributed by atoms with E-state index in [1.165, 1.54) is 11.3 Å². The first-order chi connectivity index (χ1) is 10.1. The molecule has 2 aromatic rings. The number of anilines is 2. The number of aromatic nitrogens is 1. The van der Waals surface area contributed by atoms with Gasteiger partial charge in [0.2, 0.25) is 0 Å². The van der Waals surface area contributed by atoms with Crippen LogP contribution in [0.2, 0.25) is 0 Å². The van der Waals surface area contributed by atoms with Gasteiger partial charge in [0.05, 0.1) is 22.9 Å². The summed E-state index contributed by atoms with van der Waals surface area (Å²) in [6.07, 6.45) is -0.120. The van der Waals surface area contributed by atoms with Crippen LogP contribution in [0.15, 0.2) is 18.2 Å². The Labute approximate surface area is 127 Å². The van der Waals surface area contributed by atoms with Crippen molar-refractivity contribution in [2.45, 2.75) is 20.0 Å². The van der Waals surface area contributed by atoms with Crippen molar-refractivity contribution in [1.82, 2.24) is 4.98 Å². The lowest BCUT2D eigenvalue weighted by molar-refractivity contribution is -0.123. The zero-order valence-corrected chi connectivity index (χ0v) is 12.9. The van der Waals surface area contributed by atoms with Crippen molar-refractivity contribution in [2.75, 3.05) is 30.9 Å². The molecule has 0 saturated heterocycles. The van der Waals surface area contributed by atoms with E-state index in [0.717, 1.165) is 10.2 Å². The molecule has 2 rings (SSSR count). The van der Waals surface area contributed by atoms with Gasteiger partial charge in [-0.15, -0.1) is 0 Å². The molecule has 0 aliphatic carbocycles. The Hall–Kier alpha value is -1.70. The number of nitrogen functional groups attached to an aromatic ring is 1. The van der Waals surface area contributed by atoms with Gasteiger partial charge in [0.15, 0.2) is 5.13 Å². The van der Waals surface area contributed by atoms with Crippen LogP contribution in [0, 0.1) is 0 Å². The number of carbonyl (C=O) groups excluding carboxylic acids is 1. The summed E-state index contributed by atoms with van der Waals surface area (Å²) in [7, 11) is 0. The van der Waals surface area contributed by atoms with Crippen molar-refractivity contribution < 1.29 is 14.3 Å². The summed E-state index contributed by atoms with van der Waals surface area (Å²) in [4.78, 5) is 16.1. The van der Waals surface area contributed by atoms with Gasteiger partial charge in [-0.3, -0.25) is 10.1 Å². The van der Waals surface area contributed by atoms with Crippen molar-refractivity contribution in [3.8, 4) is 0 Å². The van der Waals surface area contributed by atoms with Gasteiger partial charge in [0, 0.05) is 12.3 Å². The Bertz CT molecular complexity index is 615. The Balaban J connectivity index is 1.86. The molecule has 0 aliphatic heterocycles. The second kappa shape index (κ2) is 7.35. The molecule has 3 N–H and O–H groups in total.